The van der Waals surface area contributed by atoms with E-state index in [0.29, 0.717) is 5.02 Å². The van der Waals surface area contributed by atoms with Gasteiger partial charge in [-0.25, -0.2) is 0 Å². The maximum Gasteiger partial charge on any atom is 0.317 e. The maximum atomic E-state index is 11.0. The highest BCUT2D eigenvalue weighted by molar-refractivity contribution is 9.10. The number of hydrogen-bond donors (Lipinski definition) is 1. The first kappa shape index (κ1) is 16.5. The number of rotatable bonds is 6. The zero-order valence-electron chi connectivity index (χ0n) is 11.4. The first-order valence-electron chi connectivity index (χ1n) is 6.29. The van der Waals surface area contributed by atoms with Gasteiger partial charge in [-0.05, 0) is 38.0 Å². The van der Waals surface area contributed by atoms with Crippen molar-refractivity contribution in [2.75, 3.05) is 6.54 Å². The van der Waals surface area contributed by atoms with Gasteiger partial charge in [-0.2, -0.15) is 0 Å². The molecule has 1 aromatic rings. The van der Waals surface area contributed by atoms with Gasteiger partial charge in [-0.3, -0.25) is 9.69 Å². The number of carbonyl (C=O) groups is 1. The molecule has 0 aromatic heterocycles. The van der Waals surface area contributed by atoms with Gasteiger partial charge in [0.15, 0.2) is 0 Å². The highest BCUT2D eigenvalue weighted by atomic mass is 79.9. The average Bonchev–Trinajstić information content (AvgIpc) is 2.34. The van der Waals surface area contributed by atoms with Crippen molar-refractivity contribution in [1.29, 1.82) is 0 Å². The van der Waals surface area contributed by atoms with Crippen LogP contribution >= 0.6 is 27.5 Å². The molecule has 0 fully saturated rings. The van der Waals surface area contributed by atoms with Gasteiger partial charge in [0.2, 0.25) is 0 Å². The van der Waals surface area contributed by atoms with Crippen LogP contribution in [0.1, 0.15) is 38.8 Å². The van der Waals surface area contributed by atoms with Gasteiger partial charge < -0.3 is 5.11 Å². The van der Waals surface area contributed by atoms with E-state index >= 15 is 0 Å². The highest BCUT2D eigenvalue weighted by Crippen LogP contribution is 2.31. The number of carboxylic acids is 1. The van der Waals surface area contributed by atoms with Crippen LogP contribution in [0.25, 0.3) is 0 Å². The Morgan fingerprint density at radius 3 is 2.58 bits per heavy atom. The van der Waals surface area contributed by atoms with Crippen LogP contribution in [0, 0.1) is 0 Å². The highest BCUT2D eigenvalue weighted by Gasteiger charge is 2.24. The van der Waals surface area contributed by atoms with E-state index in [1.54, 1.807) is 0 Å². The van der Waals surface area contributed by atoms with Gasteiger partial charge >= 0.3 is 5.97 Å². The van der Waals surface area contributed by atoms with Crippen molar-refractivity contribution < 1.29 is 9.90 Å². The molecule has 1 rings (SSSR count). The molecule has 0 radical (unpaired) electrons. The van der Waals surface area contributed by atoms with Gasteiger partial charge in [-0.1, -0.05) is 40.5 Å². The Kier molecular flexibility index (Phi) is 6.30. The molecule has 0 heterocycles. The van der Waals surface area contributed by atoms with Crippen molar-refractivity contribution in [3.05, 3.63) is 33.3 Å². The van der Waals surface area contributed by atoms with Gasteiger partial charge in [-0.15, -0.1) is 0 Å². The van der Waals surface area contributed by atoms with Gasteiger partial charge in [0.1, 0.15) is 0 Å². The van der Waals surface area contributed by atoms with Crippen molar-refractivity contribution in [3.63, 3.8) is 0 Å². The molecule has 19 heavy (non-hydrogen) atoms. The fourth-order valence-electron chi connectivity index (χ4n) is 2.08. The molecular formula is C14H19BrClNO2. The molecule has 0 saturated carbocycles. The topological polar surface area (TPSA) is 40.5 Å². The van der Waals surface area contributed by atoms with Gasteiger partial charge in [0.25, 0.3) is 0 Å². The number of halogens is 2. The fourth-order valence-corrected chi connectivity index (χ4v) is 2.92. The summed E-state index contributed by atoms with van der Waals surface area (Å²) in [6.07, 6.45) is 0.895. The minimum Gasteiger partial charge on any atom is -0.480 e. The zero-order chi connectivity index (χ0) is 14.6. The molecule has 0 aliphatic heterocycles. The third-order valence-corrected chi connectivity index (χ3v) is 4.21. The summed E-state index contributed by atoms with van der Waals surface area (Å²) in [5.74, 6) is -0.819. The van der Waals surface area contributed by atoms with E-state index < -0.39 is 5.97 Å². The summed E-state index contributed by atoms with van der Waals surface area (Å²) in [6, 6.07) is 5.85. The van der Waals surface area contributed by atoms with E-state index in [1.165, 1.54) is 0 Å². The Bertz CT molecular complexity index is 453. The monoisotopic (exact) mass is 347 g/mol. The van der Waals surface area contributed by atoms with E-state index in [4.69, 9.17) is 16.7 Å². The second-order valence-corrected chi connectivity index (χ2v) is 5.99. The first-order valence-corrected chi connectivity index (χ1v) is 7.46. The minimum absolute atomic E-state index is 0.0164. The number of hydrogen-bond acceptors (Lipinski definition) is 2. The normalized spacial score (nSPS) is 14.4. The molecule has 0 aliphatic carbocycles. The molecule has 0 spiro atoms. The van der Waals surface area contributed by atoms with Crippen LogP contribution in [0.2, 0.25) is 5.02 Å². The van der Waals surface area contributed by atoms with E-state index in [9.17, 15) is 4.79 Å². The molecule has 0 saturated heterocycles. The molecule has 1 aromatic carbocycles. The van der Waals surface area contributed by atoms with Crippen molar-refractivity contribution >= 4 is 33.5 Å². The zero-order valence-corrected chi connectivity index (χ0v) is 13.7. The Morgan fingerprint density at radius 1 is 1.47 bits per heavy atom. The second-order valence-electron chi connectivity index (χ2n) is 4.67. The molecule has 3 nitrogen and oxygen atoms in total. The molecule has 106 valence electrons. The fraction of sp³-hybridized carbons (Fsp3) is 0.500. The van der Waals surface area contributed by atoms with Crippen molar-refractivity contribution in [1.82, 2.24) is 4.90 Å². The lowest BCUT2D eigenvalue weighted by Crippen LogP contribution is -2.39. The summed E-state index contributed by atoms with van der Waals surface area (Å²) in [5.41, 5.74) is 0.950. The number of benzene rings is 1. The van der Waals surface area contributed by atoms with Crippen LogP contribution in [-0.4, -0.2) is 28.6 Å². The van der Waals surface area contributed by atoms with Crippen LogP contribution in [-0.2, 0) is 4.79 Å². The Hall–Kier alpha value is -0.580. The van der Waals surface area contributed by atoms with Crippen LogP contribution in [0.5, 0.6) is 0 Å². The summed E-state index contributed by atoms with van der Waals surface area (Å²) >= 11 is 9.62. The SMILES string of the molecule is CCC(C)N(CC(=O)O)C(C)c1ccc(Br)cc1Cl. The molecule has 0 aliphatic rings. The third-order valence-electron chi connectivity index (χ3n) is 3.38. The Labute approximate surface area is 127 Å². The Morgan fingerprint density at radius 2 is 2.11 bits per heavy atom. The summed E-state index contributed by atoms with van der Waals surface area (Å²) in [7, 11) is 0. The first-order chi connectivity index (χ1) is 8.86. The molecule has 0 bridgehead atoms. The minimum atomic E-state index is -0.819. The quantitative estimate of drug-likeness (QED) is 0.831. The molecule has 2 unspecified atom stereocenters. The Balaban J connectivity index is 3.03. The van der Waals surface area contributed by atoms with E-state index in [1.807, 2.05) is 36.9 Å². The van der Waals surface area contributed by atoms with Gasteiger partial charge in [0.05, 0.1) is 6.54 Å². The largest absolute Gasteiger partial charge is 0.480 e. The predicted octanol–water partition coefficient (Wildman–Crippen LogP) is 4.35. The number of nitrogens with zero attached hydrogens (tertiary/aromatic N) is 1. The molecule has 0 amide bonds. The summed E-state index contributed by atoms with van der Waals surface area (Å²) < 4.78 is 0.918. The van der Waals surface area contributed by atoms with Crippen LogP contribution in [0.3, 0.4) is 0 Å². The lowest BCUT2D eigenvalue weighted by atomic mass is 10.0. The summed E-state index contributed by atoms with van der Waals surface area (Å²) in [5, 5.41) is 9.71. The average molecular weight is 349 g/mol. The molecule has 2 atom stereocenters. The lowest BCUT2D eigenvalue weighted by Gasteiger charge is -2.33. The van der Waals surface area contributed by atoms with Gasteiger partial charge in [0, 0.05) is 21.6 Å². The van der Waals surface area contributed by atoms with Crippen LogP contribution in [0.4, 0.5) is 0 Å². The smallest absolute Gasteiger partial charge is 0.317 e. The maximum absolute atomic E-state index is 11.0. The standard InChI is InChI=1S/C14H19BrClNO2/c1-4-9(2)17(8-14(18)19)10(3)12-6-5-11(15)7-13(12)16/h5-7,9-10H,4,8H2,1-3H3,(H,18,19). The molecule has 1 N–H and O–H groups in total. The van der Waals surface area contributed by atoms with Crippen LogP contribution < -0.4 is 0 Å². The van der Waals surface area contributed by atoms with Crippen LogP contribution in [0.15, 0.2) is 22.7 Å². The van der Waals surface area contributed by atoms with Crippen molar-refractivity contribution in [2.45, 2.75) is 39.3 Å². The molecule has 5 heteroatoms. The van der Waals surface area contributed by atoms with Crippen molar-refractivity contribution in [3.8, 4) is 0 Å². The third kappa shape index (κ3) is 4.48. The second kappa shape index (κ2) is 7.27. The van der Waals surface area contributed by atoms with E-state index in [-0.39, 0.29) is 18.6 Å². The predicted molar refractivity (Wildman–Crippen MR) is 81.7 cm³/mol. The lowest BCUT2D eigenvalue weighted by molar-refractivity contribution is -0.139. The van der Waals surface area contributed by atoms with Crippen molar-refractivity contribution in [2.24, 2.45) is 0 Å². The summed E-state index contributed by atoms with van der Waals surface area (Å²) in [4.78, 5) is 13.0. The number of carboxylic acid groups (broad SMARTS) is 1. The van der Waals surface area contributed by atoms with E-state index in [0.717, 1.165) is 16.5 Å². The molecular weight excluding hydrogens is 330 g/mol. The van der Waals surface area contributed by atoms with E-state index in [2.05, 4.69) is 22.9 Å². The number of aliphatic carboxylic acids is 1. The summed E-state index contributed by atoms with van der Waals surface area (Å²) in [6.45, 7) is 6.09.